The molecule has 8 heavy (non-hydrogen) atoms. The van der Waals surface area contributed by atoms with Gasteiger partial charge in [-0.25, -0.2) is 0 Å². The van der Waals surface area contributed by atoms with Crippen LogP contribution in [0.2, 0.25) is 0 Å². The van der Waals surface area contributed by atoms with E-state index in [1.807, 2.05) is 0 Å². The van der Waals surface area contributed by atoms with E-state index in [1.165, 1.54) is 0 Å². The Balaban J connectivity index is 0. The van der Waals surface area contributed by atoms with Gasteiger partial charge in [0.1, 0.15) is 0 Å². The second kappa shape index (κ2) is 227. The summed E-state index contributed by atoms with van der Waals surface area (Å²) in [6.07, 6.45) is 0. The van der Waals surface area contributed by atoms with Gasteiger partial charge in [-0.3, -0.25) is 28.2 Å². The Morgan fingerprint density at radius 3 is 0.500 bits per heavy atom. The summed E-state index contributed by atoms with van der Waals surface area (Å²) in [5.41, 5.74) is 0. The van der Waals surface area contributed by atoms with Gasteiger partial charge in [-0.1, -0.05) is 0 Å². The fraction of sp³-hybridized carbons (Fsp3) is 0. The zero-order valence-electron chi connectivity index (χ0n) is 4.45. The first-order valence-corrected chi connectivity index (χ1v) is 0. The predicted molar refractivity (Wildman–Crippen MR) is 27.5 cm³/mol. The largest absolute Gasteiger partial charge is 1.00 e. The fourth-order valence-electron chi connectivity index (χ4n) is 0. The van der Waals surface area contributed by atoms with E-state index in [-0.39, 0.29) is 92.0 Å². The maximum Gasteiger partial charge on any atom is 1.00 e. The summed E-state index contributed by atoms with van der Waals surface area (Å²) in [6.45, 7) is 0. The standard InChI is InChI=1S/6FH.K.H4Si.H/h6*1H;;1H4;/q;;;;;;+1;;-1. The van der Waals surface area contributed by atoms with Crippen molar-refractivity contribution in [2.45, 2.75) is 0 Å². The van der Waals surface area contributed by atoms with Crippen molar-refractivity contribution in [1.29, 1.82) is 0 Å². The zero-order valence-corrected chi connectivity index (χ0v) is 6.57. The van der Waals surface area contributed by atoms with Crippen LogP contribution in [0.4, 0.5) is 28.2 Å². The quantitative estimate of drug-likeness (QED) is 0.277. The van der Waals surface area contributed by atoms with Crippen LogP contribution in [0.1, 0.15) is 1.43 Å². The van der Waals surface area contributed by atoms with Crippen molar-refractivity contribution >= 4 is 11.0 Å². The summed E-state index contributed by atoms with van der Waals surface area (Å²) >= 11 is 0. The van der Waals surface area contributed by atoms with Gasteiger partial charge in [0.2, 0.25) is 0 Å². The first-order chi connectivity index (χ1) is 0. The summed E-state index contributed by atoms with van der Waals surface area (Å²) in [6, 6.07) is 0. The van der Waals surface area contributed by atoms with Gasteiger partial charge >= 0.3 is 51.4 Å². The topological polar surface area (TPSA) is 0 Å². The second-order valence-corrected chi connectivity index (χ2v) is 0. The summed E-state index contributed by atoms with van der Waals surface area (Å²) in [7, 11) is 0. The first-order valence-electron chi connectivity index (χ1n) is 0. The van der Waals surface area contributed by atoms with Crippen molar-refractivity contribution in [2.24, 2.45) is 0 Å². The van der Waals surface area contributed by atoms with Crippen LogP contribution in [0.15, 0.2) is 0 Å². The molecule has 0 aromatic carbocycles. The number of halogens is 6. The molecular weight excluding hydrogens is 181 g/mol. The smallest absolute Gasteiger partial charge is 1.00 e. The minimum Gasteiger partial charge on any atom is -1.00 e. The van der Waals surface area contributed by atoms with Crippen molar-refractivity contribution in [3.8, 4) is 0 Å². The van der Waals surface area contributed by atoms with E-state index >= 15 is 0 Å². The van der Waals surface area contributed by atoms with E-state index in [4.69, 9.17) is 0 Å². The van der Waals surface area contributed by atoms with E-state index in [0.717, 1.165) is 0 Å². The summed E-state index contributed by atoms with van der Waals surface area (Å²) in [5.74, 6) is 0. The first kappa shape index (κ1) is 327. The molecule has 0 saturated heterocycles. The van der Waals surface area contributed by atoms with Crippen molar-refractivity contribution in [3.63, 3.8) is 0 Å². The van der Waals surface area contributed by atoms with Crippen LogP contribution in [-0.2, 0) is 0 Å². The molecular formula is H11F6KSi. The molecule has 0 amide bonds. The molecule has 0 radical (unpaired) electrons. The minimum atomic E-state index is 0. The van der Waals surface area contributed by atoms with Crippen molar-refractivity contribution in [2.75, 3.05) is 0 Å². The third-order valence-electron chi connectivity index (χ3n) is 0. The Morgan fingerprint density at radius 2 is 0.500 bits per heavy atom. The van der Waals surface area contributed by atoms with Crippen LogP contribution in [0.5, 0.6) is 0 Å². The van der Waals surface area contributed by atoms with Crippen molar-refractivity contribution < 1.29 is 81.0 Å². The minimum absolute atomic E-state index is 0. The van der Waals surface area contributed by atoms with Crippen LogP contribution in [-0.4, -0.2) is 11.0 Å². The van der Waals surface area contributed by atoms with Crippen LogP contribution in [0, 0.1) is 0 Å². The van der Waals surface area contributed by atoms with E-state index in [0.29, 0.717) is 0 Å². The van der Waals surface area contributed by atoms with E-state index in [1.54, 1.807) is 0 Å². The van der Waals surface area contributed by atoms with Crippen molar-refractivity contribution in [3.05, 3.63) is 0 Å². The molecule has 0 N–H and O–H groups in total. The molecule has 0 aliphatic rings. The van der Waals surface area contributed by atoms with E-state index < -0.39 is 0 Å². The number of hydrogen-bond donors (Lipinski definition) is 0. The SMILES string of the molecule is F.F.F.F.F.F.[H-].[K+].[SiH4]. The number of hydrogen-bond acceptors (Lipinski definition) is 0. The molecule has 0 heterocycles. The summed E-state index contributed by atoms with van der Waals surface area (Å²) in [5, 5.41) is 0. The van der Waals surface area contributed by atoms with Crippen LogP contribution in [0.25, 0.3) is 0 Å². The molecule has 0 bridgehead atoms. The fourth-order valence-corrected chi connectivity index (χ4v) is 0. The number of rotatable bonds is 0. The average molecular weight is 192 g/mol. The van der Waals surface area contributed by atoms with Gasteiger partial charge in [0.15, 0.2) is 0 Å². The van der Waals surface area contributed by atoms with Gasteiger partial charge in [0.05, 0.1) is 0 Å². The molecule has 0 aromatic heterocycles. The monoisotopic (exact) mass is 192 g/mol. The molecule has 0 nitrogen and oxygen atoms in total. The molecule has 58 valence electrons. The summed E-state index contributed by atoms with van der Waals surface area (Å²) in [4.78, 5) is 0. The molecule has 0 rings (SSSR count). The van der Waals surface area contributed by atoms with Crippen molar-refractivity contribution in [1.82, 2.24) is 0 Å². The Morgan fingerprint density at radius 1 is 0.500 bits per heavy atom. The normalized spacial score (nSPS) is 0. The van der Waals surface area contributed by atoms with E-state index in [9.17, 15) is 0 Å². The third-order valence-corrected chi connectivity index (χ3v) is 0. The van der Waals surface area contributed by atoms with E-state index in [2.05, 4.69) is 0 Å². The molecule has 0 saturated carbocycles. The Kier molecular flexibility index (Phi) is 9260. The third kappa shape index (κ3) is 150. The van der Waals surface area contributed by atoms with Gasteiger partial charge < -0.3 is 1.43 Å². The molecule has 0 atom stereocenters. The summed E-state index contributed by atoms with van der Waals surface area (Å²) < 4.78 is 0. The molecule has 0 fully saturated rings. The molecule has 0 unspecified atom stereocenters. The average Bonchev–Trinajstić information content (AvgIpc) is 0. The zero-order chi connectivity index (χ0) is 0. The second-order valence-electron chi connectivity index (χ2n) is 0. The van der Waals surface area contributed by atoms with Gasteiger partial charge in [-0.15, -0.1) is 0 Å². The maximum atomic E-state index is 0. The predicted octanol–water partition coefficient (Wildman–Crippen LogP) is -3.42. The molecule has 0 aliphatic carbocycles. The Bertz CT molecular complexity index is 13.0. The molecule has 8 heteroatoms. The Labute approximate surface area is 90.9 Å². The van der Waals surface area contributed by atoms with Crippen LogP contribution < -0.4 is 51.4 Å². The Hall–Kier alpha value is 1.43. The van der Waals surface area contributed by atoms with Gasteiger partial charge in [0.25, 0.3) is 0 Å². The molecule has 0 aliphatic heterocycles. The van der Waals surface area contributed by atoms with Gasteiger partial charge in [0, 0.05) is 0 Å². The molecule has 0 aromatic rings. The van der Waals surface area contributed by atoms with Gasteiger partial charge in [-0.2, -0.15) is 0 Å². The molecule has 0 spiro atoms. The van der Waals surface area contributed by atoms with Crippen LogP contribution >= 0.6 is 0 Å². The van der Waals surface area contributed by atoms with Crippen LogP contribution in [0.3, 0.4) is 0 Å². The van der Waals surface area contributed by atoms with Gasteiger partial charge in [-0.05, 0) is 11.0 Å². The maximum absolute atomic E-state index is 0.